The van der Waals surface area contributed by atoms with Gasteiger partial charge in [-0.15, -0.1) is 5.10 Å². The molecule has 0 saturated carbocycles. The monoisotopic (exact) mass is 333 g/mol. The minimum Gasteiger partial charge on any atom is -0.438 e. The molecular weight excluding hydrogens is 325 g/mol. The lowest BCUT2D eigenvalue weighted by atomic mass is 10.2. The van der Waals surface area contributed by atoms with E-state index >= 15 is 0 Å². The maximum absolute atomic E-state index is 13.0. The van der Waals surface area contributed by atoms with Gasteiger partial charge in [-0.1, -0.05) is 28.9 Å². The van der Waals surface area contributed by atoms with Gasteiger partial charge in [-0.3, -0.25) is 4.79 Å². The number of hydrogen-bond donors (Lipinski definition) is 0. The lowest BCUT2D eigenvalue weighted by Crippen LogP contribution is -2.26. The molecule has 116 valence electrons. The van der Waals surface area contributed by atoms with Crippen molar-refractivity contribution in [2.75, 3.05) is 0 Å². The van der Waals surface area contributed by atoms with Crippen molar-refractivity contribution in [3.05, 3.63) is 69.2 Å². The molecule has 0 amide bonds. The van der Waals surface area contributed by atoms with E-state index in [2.05, 4.69) is 10.3 Å². The van der Waals surface area contributed by atoms with Crippen molar-refractivity contribution in [3.63, 3.8) is 0 Å². The number of esters is 1. The summed E-state index contributed by atoms with van der Waals surface area (Å²) in [5, 5.41) is 7.84. The molecule has 3 aromatic rings. The van der Waals surface area contributed by atoms with Crippen molar-refractivity contribution in [1.29, 1.82) is 0 Å². The average molecular weight is 334 g/mol. The molecule has 0 N–H and O–H groups in total. The van der Waals surface area contributed by atoms with Crippen molar-refractivity contribution in [3.8, 4) is 0 Å². The number of fused-ring (bicyclic) bond motifs is 1. The van der Waals surface area contributed by atoms with Crippen LogP contribution in [-0.4, -0.2) is 21.0 Å². The number of hydrogen-bond acceptors (Lipinski definition) is 5. The number of nitrogens with zero attached hydrogens (tertiary/aromatic N) is 3. The summed E-state index contributed by atoms with van der Waals surface area (Å²) >= 11 is 5.78. The first kappa shape index (κ1) is 15.1. The van der Waals surface area contributed by atoms with E-state index in [1.807, 2.05) is 0 Å². The van der Waals surface area contributed by atoms with Gasteiger partial charge in [-0.2, -0.15) is 4.68 Å². The highest BCUT2D eigenvalue weighted by Gasteiger charge is 2.14. The number of carbonyl (C=O) groups excluding carboxylic acids is 1. The highest BCUT2D eigenvalue weighted by Crippen LogP contribution is 2.18. The Kier molecular flexibility index (Phi) is 4.03. The normalized spacial score (nSPS) is 10.7. The molecule has 1 heterocycles. The first-order valence-corrected chi connectivity index (χ1v) is 6.89. The van der Waals surface area contributed by atoms with Crippen LogP contribution >= 0.6 is 11.6 Å². The van der Waals surface area contributed by atoms with E-state index in [0.29, 0.717) is 10.9 Å². The van der Waals surface area contributed by atoms with Gasteiger partial charge in [0.2, 0.25) is 0 Å². The van der Waals surface area contributed by atoms with E-state index in [9.17, 15) is 14.0 Å². The summed E-state index contributed by atoms with van der Waals surface area (Å²) in [4.78, 5) is 24.1. The molecule has 1 aromatic heterocycles. The molecule has 0 aliphatic rings. The second kappa shape index (κ2) is 6.13. The van der Waals surface area contributed by atoms with Gasteiger partial charge in [-0.25, -0.2) is 9.18 Å². The van der Waals surface area contributed by atoms with Crippen LogP contribution in [0.3, 0.4) is 0 Å². The zero-order valence-corrected chi connectivity index (χ0v) is 12.3. The Hall–Kier alpha value is -2.80. The quantitative estimate of drug-likeness (QED) is 0.688. The van der Waals surface area contributed by atoms with E-state index < -0.39 is 24.1 Å². The zero-order chi connectivity index (χ0) is 16.4. The van der Waals surface area contributed by atoms with Gasteiger partial charge in [-0.05, 0) is 30.3 Å². The first-order chi connectivity index (χ1) is 11.1. The van der Waals surface area contributed by atoms with E-state index in [1.54, 1.807) is 24.3 Å². The fourth-order valence-electron chi connectivity index (χ4n) is 1.96. The second-order valence-electron chi connectivity index (χ2n) is 4.60. The Morgan fingerprint density at radius 2 is 2.04 bits per heavy atom. The number of ether oxygens (including phenoxy) is 1. The van der Waals surface area contributed by atoms with E-state index in [4.69, 9.17) is 16.3 Å². The van der Waals surface area contributed by atoms with Crippen LogP contribution in [0.15, 0.2) is 47.3 Å². The fourth-order valence-corrected chi connectivity index (χ4v) is 2.20. The molecule has 6 nitrogen and oxygen atoms in total. The molecular formula is C15H9ClFN3O3. The Labute approximate surface area is 134 Å². The summed E-state index contributed by atoms with van der Waals surface area (Å²) in [5.41, 5.74) is 0.00474. The van der Waals surface area contributed by atoms with Crippen LogP contribution in [0.2, 0.25) is 5.02 Å². The van der Waals surface area contributed by atoms with Crippen LogP contribution in [-0.2, 0) is 11.5 Å². The number of rotatable bonds is 3. The van der Waals surface area contributed by atoms with Crippen LogP contribution in [0.5, 0.6) is 0 Å². The van der Waals surface area contributed by atoms with Crippen molar-refractivity contribution in [2.45, 2.75) is 6.73 Å². The Balaban J connectivity index is 1.82. The second-order valence-corrected chi connectivity index (χ2v) is 5.00. The summed E-state index contributed by atoms with van der Waals surface area (Å²) in [7, 11) is 0. The third-order valence-electron chi connectivity index (χ3n) is 3.10. The number of carbonyl (C=O) groups is 1. The van der Waals surface area contributed by atoms with Crippen molar-refractivity contribution in [2.24, 2.45) is 0 Å². The third kappa shape index (κ3) is 3.04. The summed E-state index contributed by atoms with van der Waals surface area (Å²) in [6, 6.07) is 9.97. The highest BCUT2D eigenvalue weighted by atomic mass is 35.5. The largest absolute Gasteiger partial charge is 0.438 e. The molecule has 23 heavy (non-hydrogen) atoms. The maximum atomic E-state index is 13.0. The Morgan fingerprint density at radius 1 is 1.26 bits per heavy atom. The lowest BCUT2D eigenvalue weighted by Gasteiger charge is -2.07. The maximum Gasteiger partial charge on any atom is 0.341 e. The highest BCUT2D eigenvalue weighted by molar-refractivity contribution is 6.33. The minimum absolute atomic E-state index is 0.00476. The third-order valence-corrected chi connectivity index (χ3v) is 3.41. The van der Waals surface area contributed by atoms with Crippen molar-refractivity contribution in [1.82, 2.24) is 15.0 Å². The van der Waals surface area contributed by atoms with Gasteiger partial charge in [0.1, 0.15) is 11.3 Å². The van der Waals surface area contributed by atoms with E-state index in [0.717, 1.165) is 16.8 Å². The molecule has 0 aliphatic carbocycles. The predicted molar refractivity (Wildman–Crippen MR) is 80.6 cm³/mol. The summed E-state index contributed by atoms with van der Waals surface area (Å²) < 4.78 is 18.9. The summed E-state index contributed by atoms with van der Waals surface area (Å²) in [6.45, 7) is -0.427. The Morgan fingerprint density at radius 3 is 2.83 bits per heavy atom. The number of aromatic nitrogens is 3. The molecule has 2 aromatic carbocycles. The molecule has 0 saturated heterocycles. The molecule has 0 atom stereocenters. The Bertz CT molecular complexity index is 958. The van der Waals surface area contributed by atoms with Crippen LogP contribution in [0.4, 0.5) is 4.39 Å². The molecule has 0 fully saturated rings. The van der Waals surface area contributed by atoms with Crippen molar-refractivity contribution < 1.29 is 13.9 Å². The van der Waals surface area contributed by atoms with Gasteiger partial charge in [0.25, 0.3) is 5.56 Å². The SMILES string of the molecule is O=C(OCn1nnc2ccccc2c1=O)c1ccc(F)cc1Cl. The smallest absolute Gasteiger partial charge is 0.341 e. The van der Waals surface area contributed by atoms with Gasteiger partial charge in [0.15, 0.2) is 6.73 Å². The molecule has 0 spiro atoms. The van der Waals surface area contributed by atoms with E-state index in [1.165, 1.54) is 6.07 Å². The van der Waals surface area contributed by atoms with E-state index in [-0.39, 0.29) is 10.6 Å². The number of halogens is 2. The average Bonchev–Trinajstić information content (AvgIpc) is 2.54. The predicted octanol–water partition coefficient (Wildman–Crippen LogP) is 2.40. The minimum atomic E-state index is -0.795. The zero-order valence-electron chi connectivity index (χ0n) is 11.6. The van der Waals surface area contributed by atoms with Crippen LogP contribution in [0.1, 0.15) is 10.4 Å². The summed E-state index contributed by atoms with van der Waals surface area (Å²) in [6.07, 6.45) is 0. The van der Waals surface area contributed by atoms with Gasteiger partial charge in [0.05, 0.1) is 16.0 Å². The lowest BCUT2D eigenvalue weighted by molar-refractivity contribution is 0.0336. The molecule has 0 radical (unpaired) electrons. The standard InChI is InChI=1S/C15H9ClFN3O3/c16-12-7-9(17)5-6-10(12)15(22)23-8-20-14(21)11-3-1-2-4-13(11)18-19-20/h1-7H,8H2. The van der Waals surface area contributed by atoms with Gasteiger partial charge < -0.3 is 4.74 Å². The van der Waals surface area contributed by atoms with Gasteiger partial charge in [0, 0.05) is 0 Å². The van der Waals surface area contributed by atoms with Crippen molar-refractivity contribution >= 4 is 28.5 Å². The molecule has 3 rings (SSSR count). The summed E-state index contributed by atoms with van der Waals surface area (Å²) in [5.74, 6) is -1.36. The molecule has 8 heteroatoms. The number of benzene rings is 2. The molecule has 0 bridgehead atoms. The van der Waals surface area contributed by atoms with Crippen LogP contribution in [0, 0.1) is 5.82 Å². The van der Waals surface area contributed by atoms with Crippen LogP contribution in [0.25, 0.3) is 10.9 Å². The first-order valence-electron chi connectivity index (χ1n) is 6.51. The molecule has 0 unspecified atom stereocenters. The topological polar surface area (TPSA) is 74.1 Å². The fraction of sp³-hybridized carbons (Fsp3) is 0.0667. The van der Waals surface area contributed by atoms with Crippen LogP contribution < -0.4 is 5.56 Å². The molecule has 0 aliphatic heterocycles. The van der Waals surface area contributed by atoms with Gasteiger partial charge >= 0.3 is 5.97 Å².